The molecular weight excluding hydrogens is 371 g/mol. The standard InChI is InChI=1S/C21H21FN6O/c1-14-9-15(2)28(25-14)12-16-10-20(23-18-5-3-17(22)4-6-18)24-21(11-16)27-8-7-19(13-29)26-27/h3-11,29H,12-13H2,1-2H3,(H,23,24). The lowest BCUT2D eigenvalue weighted by Crippen LogP contribution is -2.08. The number of anilines is 2. The van der Waals surface area contributed by atoms with Crippen LogP contribution >= 0.6 is 0 Å². The molecule has 0 saturated carbocycles. The minimum atomic E-state index is -0.296. The Morgan fingerprint density at radius 3 is 2.48 bits per heavy atom. The first-order chi connectivity index (χ1) is 14.0. The zero-order valence-electron chi connectivity index (χ0n) is 16.2. The molecule has 0 amide bonds. The van der Waals surface area contributed by atoms with E-state index in [0.717, 1.165) is 22.6 Å². The fraction of sp³-hybridized carbons (Fsp3) is 0.190. The second-order valence-electron chi connectivity index (χ2n) is 6.85. The van der Waals surface area contributed by atoms with E-state index < -0.39 is 0 Å². The zero-order valence-corrected chi connectivity index (χ0v) is 16.2. The minimum absolute atomic E-state index is 0.140. The van der Waals surface area contributed by atoms with Crippen LogP contribution in [0.1, 0.15) is 22.6 Å². The summed E-state index contributed by atoms with van der Waals surface area (Å²) in [5.41, 5.74) is 4.29. The summed E-state index contributed by atoms with van der Waals surface area (Å²) >= 11 is 0. The van der Waals surface area contributed by atoms with Gasteiger partial charge in [0.25, 0.3) is 0 Å². The summed E-state index contributed by atoms with van der Waals surface area (Å²) in [6, 6.07) is 13.7. The Bertz CT molecular complexity index is 1130. The van der Waals surface area contributed by atoms with Gasteiger partial charge in [-0.25, -0.2) is 14.1 Å². The molecule has 0 aliphatic heterocycles. The molecule has 0 atom stereocenters. The van der Waals surface area contributed by atoms with Gasteiger partial charge in [0, 0.05) is 17.6 Å². The molecule has 1 aromatic carbocycles. The van der Waals surface area contributed by atoms with Gasteiger partial charge < -0.3 is 10.4 Å². The van der Waals surface area contributed by atoms with Crippen LogP contribution in [-0.4, -0.2) is 29.7 Å². The van der Waals surface area contributed by atoms with Crippen LogP contribution in [0.3, 0.4) is 0 Å². The van der Waals surface area contributed by atoms with Crippen molar-refractivity contribution in [2.75, 3.05) is 5.32 Å². The summed E-state index contributed by atoms with van der Waals surface area (Å²) in [6.45, 7) is 4.41. The first kappa shape index (κ1) is 18.8. The van der Waals surface area contributed by atoms with E-state index in [-0.39, 0.29) is 12.4 Å². The van der Waals surface area contributed by atoms with Crippen molar-refractivity contribution in [2.45, 2.75) is 27.0 Å². The van der Waals surface area contributed by atoms with Gasteiger partial charge in [0.2, 0.25) is 0 Å². The maximum atomic E-state index is 13.2. The highest BCUT2D eigenvalue weighted by Gasteiger charge is 2.10. The second-order valence-corrected chi connectivity index (χ2v) is 6.85. The minimum Gasteiger partial charge on any atom is -0.390 e. The van der Waals surface area contributed by atoms with Crippen molar-refractivity contribution in [1.82, 2.24) is 24.5 Å². The molecule has 0 fully saturated rings. The summed E-state index contributed by atoms with van der Waals surface area (Å²) < 4.78 is 16.8. The number of benzene rings is 1. The number of halogens is 1. The van der Waals surface area contributed by atoms with E-state index in [9.17, 15) is 9.50 Å². The molecule has 0 unspecified atom stereocenters. The van der Waals surface area contributed by atoms with E-state index in [0.29, 0.717) is 23.9 Å². The number of nitrogens with zero attached hydrogens (tertiary/aromatic N) is 5. The molecule has 3 heterocycles. The Balaban J connectivity index is 1.71. The lowest BCUT2D eigenvalue weighted by Gasteiger charge is -2.12. The largest absolute Gasteiger partial charge is 0.390 e. The van der Waals surface area contributed by atoms with Crippen molar-refractivity contribution in [1.29, 1.82) is 0 Å². The molecule has 2 N–H and O–H groups in total. The van der Waals surface area contributed by atoms with Gasteiger partial charge in [0.05, 0.1) is 24.5 Å². The average Bonchev–Trinajstić information content (AvgIpc) is 3.30. The average molecular weight is 392 g/mol. The maximum Gasteiger partial charge on any atom is 0.156 e. The molecule has 29 heavy (non-hydrogen) atoms. The van der Waals surface area contributed by atoms with Crippen molar-refractivity contribution < 1.29 is 9.50 Å². The Morgan fingerprint density at radius 2 is 1.83 bits per heavy atom. The number of hydrogen-bond acceptors (Lipinski definition) is 5. The first-order valence-electron chi connectivity index (χ1n) is 9.20. The number of nitrogens with one attached hydrogen (secondary N) is 1. The third-order valence-electron chi connectivity index (χ3n) is 4.46. The third kappa shape index (κ3) is 4.33. The SMILES string of the molecule is Cc1cc(C)n(Cc2cc(Nc3ccc(F)cc3)nc(-n3ccc(CO)n3)c2)n1. The summed E-state index contributed by atoms with van der Waals surface area (Å²) in [7, 11) is 0. The smallest absolute Gasteiger partial charge is 0.156 e. The van der Waals surface area contributed by atoms with Crippen LogP contribution in [0.4, 0.5) is 15.9 Å². The van der Waals surface area contributed by atoms with E-state index in [4.69, 9.17) is 0 Å². The first-order valence-corrected chi connectivity index (χ1v) is 9.20. The molecular formula is C21H21FN6O. The molecule has 0 saturated heterocycles. The molecule has 0 radical (unpaired) electrons. The van der Waals surface area contributed by atoms with Gasteiger partial charge in [-0.15, -0.1) is 0 Å². The Morgan fingerprint density at radius 1 is 1.03 bits per heavy atom. The van der Waals surface area contributed by atoms with Crippen LogP contribution < -0.4 is 5.32 Å². The van der Waals surface area contributed by atoms with Gasteiger partial charge in [0.15, 0.2) is 5.82 Å². The highest BCUT2D eigenvalue weighted by molar-refractivity contribution is 5.58. The maximum absolute atomic E-state index is 13.2. The van der Waals surface area contributed by atoms with E-state index in [1.807, 2.05) is 36.7 Å². The molecule has 148 valence electrons. The molecule has 0 spiro atoms. The molecule has 4 rings (SSSR count). The number of aryl methyl sites for hydroxylation is 2. The lowest BCUT2D eigenvalue weighted by atomic mass is 10.2. The molecule has 3 aromatic heterocycles. The van der Waals surface area contributed by atoms with E-state index >= 15 is 0 Å². The number of aliphatic hydroxyl groups is 1. The summed E-state index contributed by atoms with van der Waals surface area (Å²) in [5.74, 6) is 0.913. The fourth-order valence-electron chi connectivity index (χ4n) is 3.11. The Kier molecular flexibility index (Phi) is 5.09. The highest BCUT2D eigenvalue weighted by atomic mass is 19.1. The van der Waals surface area contributed by atoms with Gasteiger partial charge in [0.1, 0.15) is 11.6 Å². The number of hydrogen-bond donors (Lipinski definition) is 2. The number of pyridine rings is 1. The van der Waals surface area contributed by atoms with Crippen molar-refractivity contribution in [3.63, 3.8) is 0 Å². The van der Waals surface area contributed by atoms with Crippen LogP contribution in [0.2, 0.25) is 0 Å². The van der Waals surface area contributed by atoms with Crippen LogP contribution in [0, 0.1) is 19.7 Å². The molecule has 0 aliphatic carbocycles. The van der Waals surface area contributed by atoms with Crippen molar-refractivity contribution in [2.24, 2.45) is 0 Å². The highest BCUT2D eigenvalue weighted by Crippen LogP contribution is 2.20. The van der Waals surface area contributed by atoms with Crippen molar-refractivity contribution in [3.8, 4) is 5.82 Å². The van der Waals surface area contributed by atoms with Gasteiger partial charge in [-0.3, -0.25) is 4.68 Å². The molecule has 8 heteroatoms. The quantitative estimate of drug-likeness (QED) is 0.525. The molecule has 0 bridgehead atoms. The van der Waals surface area contributed by atoms with Gasteiger partial charge in [-0.05, 0) is 67.9 Å². The molecule has 4 aromatic rings. The number of aromatic nitrogens is 5. The summed E-state index contributed by atoms with van der Waals surface area (Å²) in [4.78, 5) is 4.62. The lowest BCUT2D eigenvalue weighted by molar-refractivity contribution is 0.276. The third-order valence-corrected chi connectivity index (χ3v) is 4.46. The zero-order chi connectivity index (χ0) is 20.4. The predicted molar refractivity (Wildman–Crippen MR) is 108 cm³/mol. The summed E-state index contributed by atoms with van der Waals surface area (Å²) in [6.07, 6.45) is 1.75. The van der Waals surface area contributed by atoms with E-state index in [2.05, 4.69) is 20.5 Å². The monoisotopic (exact) mass is 392 g/mol. The Labute approximate surface area is 167 Å². The van der Waals surface area contributed by atoms with Gasteiger partial charge >= 0.3 is 0 Å². The summed E-state index contributed by atoms with van der Waals surface area (Å²) in [5, 5.41) is 21.4. The van der Waals surface area contributed by atoms with Crippen LogP contribution in [0.15, 0.2) is 54.7 Å². The number of aliphatic hydroxyl groups excluding tert-OH is 1. The predicted octanol–water partition coefficient (Wildman–Crippen LogP) is 3.50. The molecule has 7 nitrogen and oxygen atoms in total. The second kappa shape index (κ2) is 7.84. The van der Waals surface area contributed by atoms with Crippen LogP contribution in [0.5, 0.6) is 0 Å². The number of rotatable bonds is 6. The Hall–Kier alpha value is -3.52. The van der Waals surface area contributed by atoms with Crippen LogP contribution in [0.25, 0.3) is 5.82 Å². The fourth-order valence-corrected chi connectivity index (χ4v) is 3.11. The van der Waals surface area contributed by atoms with Crippen LogP contribution in [-0.2, 0) is 13.2 Å². The van der Waals surface area contributed by atoms with Gasteiger partial charge in [-0.1, -0.05) is 0 Å². The van der Waals surface area contributed by atoms with Crippen molar-refractivity contribution in [3.05, 3.63) is 83.2 Å². The van der Waals surface area contributed by atoms with E-state index in [1.54, 1.807) is 29.1 Å². The van der Waals surface area contributed by atoms with E-state index in [1.165, 1.54) is 12.1 Å². The normalized spacial score (nSPS) is 11.0. The molecule has 0 aliphatic rings. The van der Waals surface area contributed by atoms with Gasteiger partial charge in [-0.2, -0.15) is 10.2 Å². The topological polar surface area (TPSA) is 80.8 Å². The van der Waals surface area contributed by atoms with Crippen molar-refractivity contribution >= 4 is 11.5 Å².